The molecule has 8 heteroatoms. The van der Waals surface area contributed by atoms with Crippen molar-refractivity contribution in [3.8, 4) is 11.3 Å². The first-order valence-corrected chi connectivity index (χ1v) is 8.67. The molecule has 0 aliphatic heterocycles. The van der Waals surface area contributed by atoms with Crippen LogP contribution in [-0.4, -0.2) is 32.7 Å². The maximum atomic E-state index is 12.0. The molecule has 1 aromatic carbocycles. The zero-order valence-electron chi connectivity index (χ0n) is 13.6. The molecule has 2 heterocycles. The Labute approximate surface area is 154 Å². The molecule has 2 amide bonds. The Hall–Kier alpha value is -3.26. The maximum absolute atomic E-state index is 12.0. The summed E-state index contributed by atoms with van der Waals surface area (Å²) in [6, 6.07) is 13.8. The number of hydrogen-bond acceptors (Lipinski definition) is 6. The quantitative estimate of drug-likeness (QED) is 0.649. The van der Waals surface area contributed by atoms with Crippen LogP contribution < -0.4 is 11.1 Å². The number of primary amides is 1. The molecule has 3 aromatic rings. The first-order chi connectivity index (χ1) is 12.6. The van der Waals surface area contributed by atoms with Crippen molar-refractivity contribution in [3.63, 3.8) is 0 Å². The molecule has 0 saturated heterocycles. The van der Waals surface area contributed by atoms with Gasteiger partial charge in [0, 0.05) is 29.2 Å². The van der Waals surface area contributed by atoms with Gasteiger partial charge >= 0.3 is 0 Å². The summed E-state index contributed by atoms with van der Waals surface area (Å²) in [5.74, 6) is -0.495. The number of pyridine rings is 1. The van der Waals surface area contributed by atoms with Gasteiger partial charge in [0.15, 0.2) is 0 Å². The summed E-state index contributed by atoms with van der Waals surface area (Å²) >= 11 is 1.28. The fourth-order valence-electron chi connectivity index (χ4n) is 2.12. The van der Waals surface area contributed by atoms with Crippen molar-refractivity contribution in [2.45, 2.75) is 5.03 Å². The summed E-state index contributed by atoms with van der Waals surface area (Å²) in [6.07, 6.45) is 3.41. The van der Waals surface area contributed by atoms with Gasteiger partial charge in [0.25, 0.3) is 0 Å². The fourth-order valence-corrected chi connectivity index (χ4v) is 2.73. The lowest BCUT2D eigenvalue weighted by molar-refractivity contribution is -0.113. The SMILES string of the molecule is NC(=O)c1ccc(NC(=O)CSc2ccc(-c3cccnc3)nn2)cc1. The lowest BCUT2D eigenvalue weighted by Crippen LogP contribution is -2.15. The Morgan fingerprint density at radius 2 is 1.85 bits per heavy atom. The molecule has 0 fully saturated rings. The van der Waals surface area contributed by atoms with Crippen molar-refractivity contribution in [2.24, 2.45) is 5.73 Å². The number of anilines is 1. The largest absolute Gasteiger partial charge is 0.366 e. The van der Waals surface area contributed by atoms with E-state index >= 15 is 0 Å². The Morgan fingerprint density at radius 1 is 1.04 bits per heavy atom. The van der Waals surface area contributed by atoms with E-state index in [-0.39, 0.29) is 11.7 Å². The number of thioether (sulfide) groups is 1. The minimum absolute atomic E-state index is 0.181. The van der Waals surface area contributed by atoms with E-state index in [9.17, 15) is 9.59 Å². The van der Waals surface area contributed by atoms with Crippen molar-refractivity contribution in [1.82, 2.24) is 15.2 Å². The van der Waals surface area contributed by atoms with Crippen LogP contribution in [0.2, 0.25) is 0 Å². The van der Waals surface area contributed by atoms with Crippen molar-refractivity contribution >= 4 is 29.3 Å². The van der Waals surface area contributed by atoms with Gasteiger partial charge in [-0.05, 0) is 48.5 Å². The van der Waals surface area contributed by atoms with E-state index in [0.717, 1.165) is 11.3 Å². The van der Waals surface area contributed by atoms with E-state index in [0.29, 0.717) is 16.3 Å². The highest BCUT2D eigenvalue weighted by atomic mass is 32.2. The molecule has 0 aliphatic carbocycles. The number of benzene rings is 1. The molecule has 3 rings (SSSR count). The first-order valence-electron chi connectivity index (χ1n) is 7.68. The van der Waals surface area contributed by atoms with E-state index < -0.39 is 5.91 Å². The van der Waals surface area contributed by atoms with Gasteiger partial charge in [0.1, 0.15) is 5.03 Å². The van der Waals surface area contributed by atoms with Crippen LogP contribution in [0.3, 0.4) is 0 Å². The molecule has 2 aromatic heterocycles. The zero-order chi connectivity index (χ0) is 18.4. The van der Waals surface area contributed by atoms with Gasteiger partial charge in [0.2, 0.25) is 11.8 Å². The smallest absolute Gasteiger partial charge is 0.248 e. The normalized spacial score (nSPS) is 10.3. The van der Waals surface area contributed by atoms with Crippen LogP contribution in [0, 0.1) is 0 Å². The molecule has 0 spiro atoms. The van der Waals surface area contributed by atoms with Gasteiger partial charge in [-0.15, -0.1) is 10.2 Å². The Balaban J connectivity index is 1.53. The summed E-state index contributed by atoms with van der Waals surface area (Å²) in [4.78, 5) is 27.1. The lowest BCUT2D eigenvalue weighted by atomic mass is 10.2. The van der Waals surface area contributed by atoms with E-state index in [1.807, 2.05) is 24.3 Å². The summed E-state index contributed by atoms with van der Waals surface area (Å²) < 4.78 is 0. The second-order valence-electron chi connectivity index (χ2n) is 5.28. The standard InChI is InChI=1S/C18H15N5O2S/c19-18(25)12-3-5-14(6-4-12)21-16(24)11-26-17-8-7-15(22-23-17)13-2-1-9-20-10-13/h1-10H,11H2,(H2,19,25)(H,21,24). The molecular formula is C18H15N5O2S. The molecule has 3 N–H and O–H groups in total. The highest BCUT2D eigenvalue weighted by molar-refractivity contribution is 7.99. The number of hydrogen-bond donors (Lipinski definition) is 2. The number of nitrogens with one attached hydrogen (secondary N) is 1. The molecule has 0 aliphatic rings. The first kappa shape index (κ1) is 17.6. The molecule has 0 saturated carbocycles. The van der Waals surface area contributed by atoms with E-state index in [2.05, 4.69) is 20.5 Å². The summed E-state index contributed by atoms with van der Waals surface area (Å²) in [5, 5.41) is 11.7. The topological polar surface area (TPSA) is 111 Å². The van der Waals surface area contributed by atoms with Crippen LogP contribution >= 0.6 is 11.8 Å². The predicted octanol–water partition coefficient (Wildman–Crippen LogP) is 2.37. The van der Waals surface area contributed by atoms with Gasteiger partial charge in [-0.1, -0.05) is 11.8 Å². The van der Waals surface area contributed by atoms with Crippen molar-refractivity contribution in [3.05, 3.63) is 66.5 Å². The molecule has 130 valence electrons. The Bertz CT molecular complexity index is 899. The highest BCUT2D eigenvalue weighted by Gasteiger charge is 2.07. The van der Waals surface area contributed by atoms with Gasteiger partial charge in [-0.3, -0.25) is 14.6 Å². The van der Waals surface area contributed by atoms with Crippen molar-refractivity contribution in [2.75, 3.05) is 11.1 Å². The molecule has 0 atom stereocenters. The summed E-state index contributed by atoms with van der Waals surface area (Å²) in [6.45, 7) is 0. The number of nitrogens with two attached hydrogens (primary N) is 1. The second-order valence-corrected chi connectivity index (χ2v) is 6.27. The Morgan fingerprint density at radius 3 is 2.46 bits per heavy atom. The van der Waals surface area contributed by atoms with Crippen LogP contribution in [0.1, 0.15) is 10.4 Å². The maximum Gasteiger partial charge on any atom is 0.248 e. The van der Waals surface area contributed by atoms with Crippen molar-refractivity contribution < 1.29 is 9.59 Å². The minimum Gasteiger partial charge on any atom is -0.366 e. The molecule has 0 radical (unpaired) electrons. The van der Waals surface area contributed by atoms with Crippen LogP contribution in [0.15, 0.2) is 66.0 Å². The second kappa shape index (κ2) is 8.21. The number of aromatic nitrogens is 3. The number of nitrogens with zero attached hydrogens (tertiary/aromatic N) is 3. The summed E-state index contributed by atoms with van der Waals surface area (Å²) in [7, 11) is 0. The number of amides is 2. The van der Waals surface area contributed by atoms with Gasteiger partial charge in [-0.25, -0.2) is 0 Å². The number of carbonyl (C=O) groups is 2. The minimum atomic E-state index is -0.508. The van der Waals surface area contributed by atoms with Crippen LogP contribution in [-0.2, 0) is 4.79 Å². The monoisotopic (exact) mass is 365 g/mol. The third-order valence-corrected chi connectivity index (χ3v) is 4.32. The molecule has 0 bridgehead atoms. The van der Waals surface area contributed by atoms with Gasteiger partial charge in [0.05, 0.1) is 11.4 Å². The van der Waals surface area contributed by atoms with Gasteiger partial charge in [-0.2, -0.15) is 0 Å². The van der Waals surface area contributed by atoms with E-state index in [1.165, 1.54) is 11.8 Å². The van der Waals surface area contributed by atoms with Crippen molar-refractivity contribution in [1.29, 1.82) is 0 Å². The highest BCUT2D eigenvalue weighted by Crippen LogP contribution is 2.19. The number of rotatable bonds is 6. The third kappa shape index (κ3) is 4.64. The molecular weight excluding hydrogens is 350 g/mol. The van der Waals surface area contributed by atoms with Crippen LogP contribution in [0.5, 0.6) is 0 Å². The zero-order valence-corrected chi connectivity index (χ0v) is 14.4. The Kier molecular flexibility index (Phi) is 5.55. The van der Waals surface area contributed by atoms with Gasteiger partial charge < -0.3 is 11.1 Å². The van der Waals surface area contributed by atoms with Crippen LogP contribution in [0.25, 0.3) is 11.3 Å². The summed E-state index contributed by atoms with van der Waals surface area (Å²) in [5.41, 5.74) is 7.77. The average Bonchev–Trinajstić information content (AvgIpc) is 2.68. The lowest BCUT2D eigenvalue weighted by Gasteiger charge is -2.05. The third-order valence-electron chi connectivity index (χ3n) is 3.40. The van der Waals surface area contributed by atoms with E-state index in [4.69, 9.17) is 5.73 Å². The predicted molar refractivity (Wildman–Crippen MR) is 99.6 cm³/mol. The molecule has 26 heavy (non-hydrogen) atoms. The fraction of sp³-hybridized carbons (Fsp3) is 0.0556. The number of carbonyl (C=O) groups excluding carboxylic acids is 2. The molecule has 7 nitrogen and oxygen atoms in total. The van der Waals surface area contributed by atoms with E-state index in [1.54, 1.807) is 36.7 Å². The molecule has 0 unspecified atom stereocenters. The van der Waals surface area contributed by atoms with Crippen LogP contribution in [0.4, 0.5) is 5.69 Å². The average molecular weight is 365 g/mol.